The molecule has 5 rings (SSSR count). The van der Waals surface area contributed by atoms with Crippen LogP contribution in [0.2, 0.25) is 0 Å². The predicted octanol–water partition coefficient (Wildman–Crippen LogP) is 3.65. The molecule has 1 aromatic carbocycles. The van der Waals surface area contributed by atoms with Crippen molar-refractivity contribution in [3.05, 3.63) is 28.8 Å². The molecule has 3 fully saturated rings. The molecule has 1 saturated carbocycles. The number of fused-ring (bicyclic) bond motifs is 2. The van der Waals surface area contributed by atoms with Gasteiger partial charge in [-0.15, -0.1) is 0 Å². The number of rotatable bonds is 6. The standard InChI is InChI=1S/C23H28O5/c1-2-21(24)17-7-14(22(25)8-15-19-10-27-11-20(15)19)6-16-18(12-28-23(16)17)13-4-3-5-26-9-13/h6-7,13,15,18-20H,2-5,8-12H2,1H3/t13?,15?,18?,19-,20+. The van der Waals surface area contributed by atoms with E-state index in [1.54, 1.807) is 6.07 Å². The number of Topliss-reactive ketones (excluding diaryl/α,β-unsaturated/α-hetero) is 2. The predicted molar refractivity (Wildman–Crippen MR) is 103 cm³/mol. The van der Waals surface area contributed by atoms with Crippen molar-refractivity contribution in [1.82, 2.24) is 0 Å². The van der Waals surface area contributed by atoms with Crippen LogP contribution in [0.1, 0.15) is 64.8 Å². The van der Waals surface area contributed by atoms with E-state index in [9.17, 15) is 9.59 Å². The molecule has 28 heavy (non-hydrogen) atoms. The van der Waals surface area contributed by atoms with Crippen LogP contribution in [-0.4, -0.2) is 44.6 Å². The molecule has 5 heteroatoms. The summed E-state index contributed by atoms with van der Waals surface area (Å²) in [5.74, 6) is 3.08. The molecule has 5 atom stereocenters. The van der Waals surface area contributed by atoms with Crippen molar-refractivity contribution in [3.63, 3.8) is 0 Å². The van der Waals surface area contributed by atoms with Crippen molar-refractivity contribution in [2.75, 3.05) is 33.0 Å². The maximum Gasteiger partial charge on any atom is 0.166 e. The zero-order valence-electron chi connectivity index (χ0n) is 16.4. The van der Waals surface area contributed by atoms with Crippen LogP contribution in [0.5, 0.6) is 5.75 Å². The van der Waals surface area contributed by atoms with Crippen molar-refractivity contribution < 1.29 is 23.8 Å². The number of benzene rings is 1. The van der Waals surface area contributed by atoms with Gasteiger partial charge in [-0.2, -0.15) is 0 Å². The number of ketones is 2. The summed E-state index contributed by atoms with van der Waals surface area (Å²) in [5, 5.41) is 0. The fourth-order valence-electron chi connectivity index (χ4n) is 5.38. The fraction of sp³-hybridized carbons (Fsp3) is 0.652. The Balaban J connectivity index is 1.44. The summed E-state index contributed by atoms with van der Waals surface area (Å²) in [6.45, 7) is 5.58. The number of carbonyl (C=O) groups is 2. The minimum Gasteiger partial charge on any atom is -0.492 e. The first-order valence-corrected chi connectivity index (χ1v) is 10.7. The summed E-state index contributed by atoms with van der Waals surface area (Å²) in [6.07, 6.45) is 3.14. The number of hydrogen-bond donors (Lipinski definition) is 0. The van der Waals surface area contributed by atoms with Crippen LogP contribution in [0.25, 0.3) is 0 Å². The van der Waals surface area contributed by atoms with Gasteiger partial charge in [0.2, 0.25) is 0 Å². The van der Waals surface area contributed by atoms with E-state index in [4.69, 9.17) is 14.2 Å². The van der Waals surface area contributed by atoms with E-state index < -0.39 is 0 Å². The van der Waals surface area contributed by atoms with Crippen molar-refractivity contribution in [3.8, 4) is 5.75 Å². The second kappa shape index (κ2) is 7.27. The number of hydrogen-bond acceptors (Lipinski definition) is 5. The molecule has 3 unspecified atom stereocenters. The zero-order chi connectivity index (χ0) is 19.3. The molecule has 2 saturated heterocycles. The largest absolute Gasteiger partial charge is 0.492 e. The second-order valence-corrected chi connectivity index (χ2v) is 8.77. The highest BCUT2D eigenvalue weighted by Crippen LogP contribution is 2.53. The van der Waals surface area contributed by atoms with Crippen LogP contribution in [0, 0.1) is 23.7 Å². The van der Waals surface area contributed by atoms with Crippen LogP contribution in [0.3, 0.4) is 0 Å². The molecule has 0 amide bonds. The molecule has 0 bridgehead atoms. The molecular weight excluding hydrogens is 356 g/mol. The topological polar surface area (TPSA) is 61.8 Å². The smallest absolute Gasteiger partial charge is 0.166 e. The molecule has 0 spiro atoms. The van der Waals surface area contributed by atoms with Crippen molar-refractivity contribution in [2.45, 2.75) is 38.5 Å². The molecule has 5 nitrogen and oxygen atoms in total. The zero-order valence-corrected chi connectivity index (χ0v) is 16.4. The lowest BCUT2D eigenvalue weighted by molar-refractivity contribution is 0.0410. The monoisotopic (exact) mass is 384 g/mol. The van der Waals surface area contributed by atoms with Gasteiger partial charge in [-0.1, -0.05) is 6.92 Å². The quantitative estimate of drug-likeness (QED) is 0.701. The average molecular weight is 384 g/mol. The minimum absolute atomic E-state index is 0.0446. The van der Waals surface area contributed by atoms with E-state index >= 15 is 0 Å². The average Bonchev–Trinajstić information content (AvgIpc) is 3.10. The summed E-state index contributed by atoms with van der Waals surface area (Å²) in [7, 11) is 0. The van der Waals surface area contributed by atoms with Crippen molar-refractivity contribution in [2.24, 2.45) is 23.7 Å². The molecule has 4 aliphatic rings. The molecule has 150 valence electrons. The summed E-state index contributed by atoms with van der Waals surface area (Å²) in [6, 6.07) is 3.78. The SMILES string of the molecule is CCC(=O)c1cc(C(=O)CC2[C@H]3COC[C@@H]23)cc2c1OCC2C1CCCOC1. The van der Waals surface area contributed by atoms with Crippen LogP contribution < -0.4 is 4.74 Å². The van der Waals surface area contributed by atoms with Crippen LogP contribution in [0.4, 0.5) is 0 Å². The maximum atomic E-state index is 13.1. The lowest BCUT2D eigenvalue weighted by Crippen LogP contribution is -2.24. The van der Waals surface area contributed by atoms with Gasteiger partial charge in [-0.25, -0.2) is 0 Å². The Hall–Kier alpha value is -1.72. The van der Waals surface area contributed by atoms with Gasteiger partial charge in [-0.3, -0.25) is 9.59 Å². The molecule has 0 aromatic heterocycles. The Kier molecular flexibility index (Phi) is 4.76. The van der Waals surface area contributed by atoms with Crippen LogP contribution in [0.15, 0.2) is 12.1 Å². The first-order valence-electron chi connectivity index (χ1n) is 10.7. The first-order chi connectivity index (χ1) is 13.7. The lowest BCUT2D eigenvalue weighted by Gasteiger charge is -2.26. The minimum atomic E-state index is 0.0446. The van der Waals surface area contributed by atoms with E-state index in [1.807, 2.05) is 13.0 Å². The highest BCUT2D eigenvalue weighted by Gasteiger charge is 2.54. The summed E-state index contributed by atoms with van der Waals surface area (Å²) < 4.78 is 17.1. The molecule has 1 aromatic rings. The molecule has 0 N–H and O–H groups in total. The Labute approximate surface area is 165 Å². The van der Waals surface area contributed by atoms with Gasteiger partial charge >= 0.3 is 0 Å². The summed E-state index contributed by atoms with van der Waals surface area (Å²) in [4.78, 5) is 25.6. The Bertz CT molecular complexity index is 784. The maximum absolute atomic E-state index is 13.1. The van der Waals surface area contributed by atoms with Gasteiger partial charge in [-0.05, 0) is 48.6 Å². The van der Waals surface area contributed by atoms with Crippen molar-refractivity contribution in [1.29, 1.82) is 0 Å². The van der Waals surface area contributed by atoms with E-state index in [-0.39, 0.29) is 17.5 Å². The fourth-order valence-corrected chi connectivity index (χ4v) is 5.38. The highest BCUT2D eigenvalue weighted by atomic mass is 16.5. The van der Waals surface area contributed by atoms with E-state index in [2.05, 4.69) is 0 Å². The summed E-state index contributed by atoms with van der Waals surface area (Å²) >= 11 is 0. The third kappa shape index (κ3) is 3.09. The molecule has 1 aliphatic carbocycles. The van der Waals surface area contributed by atoms with Gasteiger partial charge in [0, 0.05) is 36.5 Å². The van der Waals surface area contributed by atoms with Gasteiger partial charge in [0.05, 0.1) is 32.0 Å². The van der Waals surface area contributed by atoms with Gasteiger partial charge < -0.3 is 14.2 Å². The Morgan fingerprint density at radius 3 is 2.57 bits per heavy atom. The molecule has 0 radical (unpaired) electrons. The highest BCUT2D eigenvalue weighted by molar-refractivity contribution is 6.04. The van der Waals surface area contributed by atoms with E-state index in [0.717, 1.165) is 44.8 Å². The van der Waals surface area contributed by atoms with Crippen molar-refractivity contribution >= 4 is 11.6 Å². The third-order valence-electron chi connectivity index (χ3n) is 7.18. The Morgan fingerprint density at radius 2 is 1.86 bits per heavy atom. The van der Waals surface area contributed by atoms with Gasteiger partial charge in [0.15, 0.2) is 11.6 Å². The van der Waals surface area contributed by atoms with Crippen LogP contribution >= 0.6 is 0 Å². The van der Waals surface area contributed by atoms with E-state index in [1.165, 1.54) is 0 Å². The summed E-state index contributed by atoms with van der Waals surface area (Å²) in [5.41, 5.74) is 2.30. The normalized spacial score (nSPS) is 33.1. The molecular formula is C23H28O5. The van der Waals surface area contributed by atoms with Gasteiger partial charge in [0.25, 0.3) is 0 Å². The Morgan fingerprint density at radius 1 is 1.04 bits per heavy atom. The van der Waals surface area contributed by atoms with E-state index in [0.29, 0.717) is 60.0 Å². The van der Waals surface area contributed by atoms with Crippen LogP contribution in [-0.2, 0) is 9.47 Å². The molecule has 3 heterocycles. The number of ether oxygens (including phenoxy) is 3. The van der Waals surface area contributed by atoms with Gasteiger partial charge in [0.1, 0.15) is 5.75 Å². The molecule has 3 aliphatic heterocycles. The first kappa shape index (κ1) is 18.3. The number of carbonyl (C=O) groups excluding carboxylic acids is 2. The third-order valence-corrected chi connectivity index (χ3v) is 7.18. The lowest BCUT2D eigenvalue weighted by atomic mass is 9.82. The second-order valence-electron chi connectivity index (χ2n) is 8.77.